The average molecular weight is 335 g/mol. The number of Topliss-reactive ketones (excluding diaryl/α,β-unsaturated/α-hetero) is 1. The summed E-state index contributed by atoms with van der Waals surface area (Å²) >= 11 is 5.83. The number of nitrogens with zero attached hydrogens (tertiary/aromatic N) is 2. The molecular formula is C18H23ClN2O2. The Morgan fingerprint density at radius 1 is 1.04 bits per heavy atom. The summed E-state index contributed by atoms with van der Waals surface area (Å²) < 4.78 is 0. The summed E-state index contributed by atoms with van der Waals surface area (Å²) in [7, 11) is 0. The van der Waals surface area contributed by atoms with Crippen LogP contribution in [-0.4, -0.2) is 53.7 Å². The molecule has 1 amide bonds. The van der Waals surface area contributed by atoms with E-state index < -0.39 is 0 Å². The lowest BCUT2D eigenvalue weighted by atomic mass is 10.1. The molecule has 0 N–H and O–H groups in total. The molecule has 1 aromatic rings. The van der Waals surface area contributed by atoms with Crippen LogP contribution in [0.4, 0.5) is 0 Å². The number of rotatable bonds is 4. The summed E-state index contributed by atoms with van der Waals surface area (Å²) in [4.78, 5) is 29.1. The Labute approximate surface area is 142 Å². The molecule has 0 spiro atoms. The van der Waals surface area contributed by atoms with E-state index in [1.165, 1.54) is 19.4 Å². The van der Waals surface area contributed by atoms with E-state index in [1.54, 1.807) is 24.3 Å². The summed E-state index contributed by atoms with van der Waals surface area (Å²) in [6.07, 6.45) is 4.03. The van der Waals surface area contributed by atoms with Crippen LogP contribution in [0.15, 0.2) is 24.3 Å². The van der Waals surface area contributed by atoms with Gasteiger partial charge in [-0.3, -0.25) is 14.5 Å². The molecule has 2 saturated heterocycles. The molecule has 1 atom stereocenters. The van der Waals surface area contributed by atoms with Gasteiger partial charge < -0.3 is 4.90 Å². The largest absolute Gasteiger partial charge is 0.341 e. The molecule has 2 heterocycles. The van der Waals surface area contributed by atoms with Gasteiger partial charge in [0.2, 0.25) is 5.91 Å². The molecule has 0 radical (unpaired) electrons. The Hall–Kier alpha value is -1.39. The fraction of sp³-hybridized carbons (Fsp3) is 0.556. The van der Waals surface area contributed by atoms with Crippen LogP contribution in [0.1, 0.15) is 42.5 Å². The van der Waals surface area contributed by atoms with Crippen LogP contribution in [0.25, 0.3) is 0 Å². The third-order valence-corrected chi connectivity index (χ3v) is 5.14. The second-order valence-corrected chi connectivity index (χ2v) is 6.89. The average Bonchev–Trinajstić information content (AvgIpc) is 2.89. The maximum absolute atomic E-state index is 12.5. The molecule has 124 valence electrons. The molecule has 23 heavy (non-hydrogen) atoms. The van der Waals surface area contributed by atoms with Gasteiger partial charge in [-0.2, -0.15) is 0 Å². The first-order valence-electron chi connectivity index (χ1n) is 8.44. The zero-order valence-electron chi connectivity index (χ0n) is 13.3. The molecule has 0 aromatic heterocycles. The van der Waals surface area contributed by atoms with E-state index in [0.29, 0.717) is 23.0 Å². The Morgan fingerprint density at radius 2 is 1.78 bits per heavy atom. The van der Waals surface area contributed by atoms with Gasteiger partial charge in [0.25, 0.3) is 0 Å². The first-order valence-corrected chi connectivity index (χ1v) is 8.82. The molecule has 2 fully saturated rings. The molecule has 1 aromatic carbocycles. The highest BCUT2D eigenvalue weighted by Gasteiger charge is 2.30. The van der Waals surface area contributed by atoms with Gasteiger partial charge in [0.15, 0.2) is 5.78 Å². The lowest BCUT2D eigenvalue weighted by Gasteiger charge is -2.25. The van der Waals surface area contributed by atoms with Crippen molar-refractivity contribution in [2.24, 2.45) is 0 Å². The Morgan fingerprint density at radius 3 is 2.57 bits per heavy atom. The van der Waals surface area contributed by atoms with Gasteiger partial charge in [-0.15, -0.1) is 0 Å². The number of halogens is 1. The van der Waals surface area contributed by atoms with E-state index in [9.17, 15) is 9.59 Å². The minimum absolute atomic E-state index is 0.00679. The van der Waals surface area contributed by atoms with E-state index in [1.807, 2.05) is 4.90 Å². The lowest BCUT2D eigenvalue weighted by molar-refractivity contribution is -0.131. The number of amides is 1. The van der Waals surface area contributed by atoms with Crippen molar-refractivity contribution in [2.45, 2.75) is 38.1 Å². The molecule has 0 saturated carbocycles. The highest BCUT2D eigenvalue weighted by atomic mass is 35.5. The van der Waals surface area contributed by atoms with Gasteiger partial charge in [-0.05, 0) is 50.1 Å². The smallest absolute Gasteiger partial charge is 0.223 e. The SMILES string of the molecule is O=C(CCC(=O)N1CCCN2CCC[C@@H]2C1)c1ccc(Cl)cc1. The van der Waals surface area contributed by atoms with E-state index >= 15 is 0 Å². The van der Waals surface area contributed by atoms with Crippen molar-refractivity contribution in [3.63, 3.8) is 0 Å². The standard InChI is InChI=1S/C18H23ClN2O2/c19-15-6-4-14(5-7-15)17(22)8-9-18(23)21-12-2-11-20-10-1-3-16(20)13-21/h4-7,16H,1-3,8-13H2/t16-/m1/s1. The van der Waals surface area contributed by atoms with E-state index in [4.69, 9.17) is 11.6 Å². The van der Waals surface area contributed by atoms with Gasteiger partial charge in [0, 0.05) is 49.1 Å². The fourth-order valence-corrected chi connectivity index (χ4v) is 3.72. The number of hydrogen-bond donors (Lipinski definition) is 0. The minimum atomic E-state index is 0.00679. The molecule has 0 unspecified atom stereocenters. The predicted octanol–water partition coefficient (Wildman–Crippen LogP) is 3.00. The zero-order chi connectivity index (χ0) is 16.2. The minimum Gasteiger partial charge on any atom is -0.341 e. The molecule has 5 heteroatoms. The van der Waals surface area contributed by atoms with E-state index in [2.05, 4.69) is 4.90 Å². The first-order chi connectivity index (χ1) is 11.1. The van der Waals surface area contributed by atoms with Crippen LogP contribution in [0, 0.1) is 0 Å². The third kappa shape index (κ3) is 4.12. The molecule has 0 aliphatic carbocycles. The molecule has 2 aliphatic heterocycles. The topological polar surface area (TPSA) is 40.6 Å². The maximum atomic E-state index is 12.5. The van der Waals surface area contributed by atoms with E-state index in [0.717, 1.165) is 26.1 Å². The Balaban J connectivity index is 1.52. The van der Waals surface area contributed by atoms with Gasteiger partial charge >= 0.3 is 0 Å². The predicted molar refractivity (Wildman–Crippen MR) is 90.8 cm³/mol. The van der Waals surface area contributed by atoms with Crippen molar-refractivity contribution in [3.8, 4) is 0 Å². The molecular weight excluding hydrogens is 312 g/mol. The number of fused-ring (bicyclic) bond motifs is 1. The quantitative estimate of drug-likeness (QED) is 0.795. The lowest BCUT2D eigenvalue weighted by Crippen LogP contribution is -2.39. The van der Waals surface area contributed by atoms with Gasteiger partial charge in [0.05, 0.1) is 0 Å². The maximum Gasteiger partial charge on any atom is 0.223 e. The van der Waals surface area contributed by atoms with Crippen molar-refractivity contribution >= 4 is 23.3 Å². The zero-order valence-corrected chi connectivity index (χ0v) is 14.1. The highest BCUT2D eigenvalue weighted by Crippen LogP contribution is 2.22. The number of benzene rings is 1. The van der Waals surface area contributed by atoms with Gasteiger partial charge in [-0.1, -0.05) is 11.6 Å². The van der Waals surface area contributed by atoms with E-state index in [-0.39, 0.29) is 18.1 Å². The molecule has 0 bridgehead atoms. The third-order valence-electron chi connectivity index (χ3n) is 4.89. The molecule has 4 nitrogen and oxygen atoms in total. The number of hydrogen-bond acceptors (Lipinski definition) is 3. The summed E-state index contributed by atoms with van der Waals surface area (Å²) in [5.74, 6) is 0.119. The van der Waals surface area contributed by atoms with Crippen molar-refractivity contribution in [1.29, 1.82) is 0 Å². The van der Waals surface area contributed by atoms with Crippen molar-refractivity contribution in [3.05, 3.63) is 34.9 Å². The van der Waals surface area contributed by atoms with Crippen molar-refractivity contribution < 1.29 is 9.59 Å². The van der Waals surface area contributed by atoms with Crippen LogP contribution in [-0.2, 0) is 4.79 Å². The summed E-state index contributed by atoms with van der Waals surface area (Å²) in [6, 6.07) is 7.38. The van der Waals surface area contributed by atoms with Crippen LogP contribution >= 0.6 is 11.6 Å². The number of ketones is 1. The highest BCUT2D eigenvalue weighted by molar-refractivity contribution is 6.30. The molecule has 3 rings (SSSR count). The summed E-state index contributed by atoms with van der Waals surface area (Å²) in [5.41, 5.74) is 0.625. The van der Waals surface area contributed by atoms with Crippen LogP contribution in [0.2, 0.25) is 5.02 Å². The summed E-state index contributed by atoms with van der Waals surface area (Å²) in [5, 5.41) is 0.614. The van der Waals surface area contributed by atoms with Crippen LogP contribution in [0.5, 0.6) is 0 Å². The monoisotopic (exact) mass is 334 g/mol. The summed E-state index contributed by atoms with van der Waals surface area (Å²) in [6.45, 7) is 3.91. The fourth-order valence-electron chi connectivity index (χ4n) is 3.59. The van der Waals surface area contributed by atoms with Crippen LogP contribution in [0.3, 0.4) is 0 Å². The second kappa shape index (κ2) is 7.45. The Bertz CT molecular complexity index is 573. The van der Waals surface area contributed by atoms with Gasteiger partial charge in [0.1, 0.15) is 0 Å². The van der Waals surface area contributed by atoms with Crippen molar-refractivity contribution in [2.75, 3.05) is 26.2 Å². The second-order valence-electron chi connectivity index (χ2n) is 6.46. The van der Waals surface area contributed by atoms with Crippen LogP contribution < -0.4 is 0 Å². The number of carbonyl (C=O) groups excluding carboxylic acids is 2. The number of carbonyl (C=O) groups is 2. The normalized spacial score (nSPS) is 21.8. The molecule has 2 aliphatic rings. The first kappa shape index (κ1) is 16.5. The Kier molecular flexibility index (Phi) is 5.34. The van der Waals surface area contributed by atoms with Gasteiger partial charge in [-0.25, -0.2) is 0 Å². The van der Waals surface area contributed by atoms with Crippen molar-refractivity contribution in [1.82, 2.24) is 9.80 Å².